The van der Waals surface area contributed by atoms with Crippen LogP contribution < -0.4 is 0 Å². The maximum Gasteiger partial charge on any atom is 0.141 e. The fourth-order valence-corrected chi connectivity index (χ4v) is 1.83. The Hall–Kier alpha value is -1.38. The molecule has 2 rings (SSSR count). The number of rotatable bonds is 3. The number of pyridine rings is 1. The van der Waals surface area contributed by atoms with Gasteiger partial charge in [0.05, 0.1) is 5.02 Å². The number of hydrogen-bond acceptors (Lipinski definition) is 1. The molecule has 4 heteroatoms. The van der Waals surface area contributed by atoms with E-state index in [1.165, 1.54) is 6.07 Å². The molecule has 0 bridgehead atoms. The number of benzene rings is 1. The molecule has 0 atom stereocenters. The minimum atomic E-state index is -0.419. The third-order valence-electron chi connectivity index (χ3n) is 2.34. The van der Waals surface area contributed by atoms with Crippen LogP contribution in [-0.2, 0) is 6.42 Å². The van der Waals surface area contributed by atoms with Crippen molar-refractivity contribution in [2.24, 2.45) is 0 Å². The Labute approximate surface area is 115 Å². The minimum Gasteiger partial charge on any atom is -0.244 e. The first-order valence-corrected chi connectivity index (χ1v) is 6.05. The first-order chi connectivity index (χ1) is 8.66. The van der Waals surface area contributed by atoms with Gasteiger partial charge in [-0.25, -0.2) is 9.37 Å². The van der Waals surface area contributed by atoms with E-state index >= 15 is 0 Å². The van der Waals surface area contributed by atoms with Crippen LogP contribution in [0, 0.1) is 11.9 Å². The summed E-state index contributed by atoms with van der Waals surface area (Å²) in [4.78, 5) is 3.96. The van der Waals surface area contributed by atoms with Crippen LogP contribution in [0.5, 0.6) is 0 Å². The number of hydrogen-bond donors (Lipinski definition) is 0. The molecule has 1 radical (unpaired) electrons. The fourth-order valence-electron chi connectivity index (χ4n) is 1.45. The van der Waals surface area contributed by atoms with Crippen molar-refractivity contribution in [3.05, 3.63) is 69.7 Å². The monoisotopic (exact) mass is 280 g/mol. The predicted molar refractivity (Wildman–Crippen MR) is 72.2 cm³/mol. The molecule has 1 nitrogen and oxygen atoms in total. The molecular formula is C14H9Cl2FN. The Kier molecular flexibility index (Phi) is 4.34. The predicted octanol–water partition coefficient (Wildman–Crippen LogP) is 4.58. The Morgan fingerprint density at radius 3 is 2.89 bits per heavy atom. The zero-order valence-electron chi connectivity index (χ0n) is 9.33. The largest absolute Gasteiger partial charge is 0.244 e. The van der Waals surface area contributed by atoms with Crippen LogP contribution in [0.25, 0.3) is 6.08 Å². The van der Waals surface area contributed by atoms with Gasteiger partial charge in [-0.2, -0.15) is 0 Å². The molecule has 0 fully saturated rings. The highest BCUT2D eigenvalue weighted by Crippen LogP contribution is 2.17. The van der Waals surface area contributed by atoms with Crippen LogP contribution in [0.15, 0.2) is 36.5 Å². The summed E-state index contributed by atoms with van der Waals surface area (Å²) in [5, 5.41) is 0.558. The molecule has 0 unspecified atom stereocenters. The summed E-state index contributed by atoms with van der Waals surface area (Å²) in [7, 11) is 0. The molecule has 1 aromatic carbocycles. The molecule has 0 spiro atoms. The van der Waals surface area contributed by atoms with Crippen molar-refractivity contribution in [1.29, 1.82) is 0 Å². The van der Waals surface area contributed by atoms with Crippen LogP contribution in [0.4, 0.5) is 4.39 Å². The van der Waals surface area contributed by atoms with E-state index in [4.69, 9.17) is 23.2 Å². The zero-order valence-corrected chi connectivity index (χ0v) is 10.8. The van der Waals surface area contributed by atoms with Crippen LogP contribution in [-0.4, -0.2) is 4.98 Å². The van der Waals surface area contributed by atoms with Crippen LogP contribution in [0.1, 0.15) is 11.1 Å². The van der Waals surface area contributed by atoms with E-state index in [0.717, 1.165) is 11.1 Å². The third kappa shape index (κ3) is 3.31. The van der Waals surface area contributed by atoms with Crippen molar-refractivity contribution in [2.75, 3.05) is 0 Å². The molecule has 1 heterocycles. The molecule has 0 aliphatic heterocycles. The van der Waals surface area contributed by atoms with Gasteiger partial charge in [0.15, 0.2) is 0 Å². The summed E-state index contributed by atoms with van der Waals surface area (Å²) in [6, 6.07) is 9.29. The van der Waals surface area contributed by atoms with Gasteiger partial charge in [-0.3, -0.25) is 0 Å². The summed E-state index contributed by atoms with van der Waals surface area (Å²) in [5.74, 6) is -0.419. The molecule has 0 amide bonds. The highest BCUT2D eigenvalue weighted by Gasteiger charge is 1.99. The summed E-state index contributed by atoms with van der Waals surface area (Å²) in [6.45, 7) is 0. The lowest BCUT2D eigenvalue weighted by Crippen LogP contribution is -1.86. The molecule has 0 aliphatic carbocycles. The van der Waals surface area contributed by atoms with Gasteiger partial charge in [0.1, 0.15) is 11.0 Å². The van der Waals surface area contributed by atoms with E-state index < -0.39 is 5.82 Å². The molecule has 0 aliphatic rings. The second-order valence-corrected chi connectivity index (χ2v) is 4.40. The van der Waals surface area contributed by atoms with Crippen molar-refractivity contribution >= 4 is 29.3 Å². The van der Waals surface area contributed by atoms with Crippen molar-refractivity contribution < 1.29 is 4.39 Å². The Balaban J connectivity index is 2.08. The van der Waals surface area contributed by atoms with Crippen molar-refractivity contribution in [3.8, 4) is 0 Å². The highest BCUT2D eigenvalue weighted by molar-refractivity contribution is 6.31. The SMILES string of the molecule is Fc1ccc(C=CCc2[c]ccnc2Cl)cc1Cl. The molecule has 0 saturated carbocycles. The van der Waals surface area contributed by atoms with Crippen molar-refractivity contribution in [1.82, 2.24) is 4.98 Å². The van der Waals surface area contributed by atoms with Crippen LogP contribution in [0.2, 0.25) is 10.2 Å². The molecule has 0 N–H and O–H groups in total. The molecule has 0 saturated heterocycles. The lowest BCUT2D eigenvalue weighted by molar-refractivity contribution is 0.628. The smallest absolute Gasteiger partial charge is 0.141 e. The summed E-state index contributed by atoms with van der Waals surface area (Å²) in [5.41, 5.74) is 1.66. The quantitative estimate of drug-likeness (QED) is 0.750. The van der Waals surface area contributed by atoms with Crippen molar-refractivity contribution in [2.45, 2.75) is 6.42 Å². The number of aromatic nitrogens is 1. The zero-order chi connectivity index (χ0) is 13.0. The van der Waals surface area contributed by atoms with Gasteiger partial charge in [-0.1, -0.05) is 41.4 Å². The maximum atomic E-state index is 13.0. The van der Waals surface area contributed by atoms with Gasteiger partial charge in [-0.15, -0.1) is 0 Å². The lowest BCUT2D eigenvalue weighted by atomic mass is 10.1. The molecule has 1 aromatic heterocycles. The van der Waals surface area contributed by atoms with E-state index in [2.05, 4.69) is 11.1 Å². The lowest BCUT2D eigenvalue weighted by Gasteiger charge is -1.99. The second kappa shape index (κ2) is 5.98. The average molecular weight is 281 g/mol. The fraction of sp³-hybridized carbons (Fsp3) is 0.0714. The summed E-state index contributed by atoms with van der Waals surface area (Å²) < 4.78 is 13.0. The van der Waals surface area contributed by atoms with E-state index in [-0.39, 0.29) is 5.02 Å². The minimum absolute atomic E-state index is 0.114. The van der Waals surface area contributed by atoms with E-state index in [0.29, 0.717) is 11.6 Å². The molecule has 18 heavy (non-hydrogen) atoms. The number of nitrogens with zero attached hydrogens (tertiary/aromatic N) is 1. The second-order valence-electron chi connectivity index (χ2n) is 3.64. The molecular weight excluding hydrogens is 272 g/mol. The molecule has 2 aromatic rings. The summed E-state index contributed by atoms with van der Waals surface area (Å²) in [6.07, 6.45) is 5.96. The van der Waals surface area contributed by atoms with E-state index in [1.807, 2.05) is 12.2 Å². The van der Waals surface area contributed by atoms with Crippen LogP contribution >= 0.6 is 23.2 Å². The van der Waals surface area contributed by atoms with Crippen LogP contribution in [0.3, 0.4) is 0 Å². The first-order valence-electron chi connectivity index (χ1n) is 5.29. The Morgan fingerprint density at radius 2 is 2.17 bits per heavy atom. The number of halogens is 3. The topological polar surface area (TPSA) is 12.9 Å². The van der Waals surface area contributed by atoms with Gasteiger partial charge in [0.2, 0.25) is 0 Å². The van der Waals surface area contributed by atoms with Gasteiger partial charge in [0, 0.05) is 11.8 Å². The Morgan fingerprint density at radius 1 is 1.33 bits per heavy atom. The van der Waals surface area contributed by atoms with Gasteiger partial charge < -0.3 is 0 Å². The molecule has 91 valence electrons. The Bertz CT molecular complexity index is 582. The standard InChI is InChI=1S/C14H9Cl2FN/c15-12-9-10(6-7-13(12)17)3-1-4-11-5-2-8-18-14(11)16/h1-3,6-9H,4H2. The third-order valence-corrected chi connectivity index (χ3v) is 2.96. The first kappa shape index (κ1) is 13.1. The normalized spacial score (nSPS) is 11.1. The average Bonchev–Trinajstić information content (AvgIpc) is 2.36. The number of allylic oxidation sites excluding steroid dienone is 1. The highest BCUT2D eigenvalue weighted by atomic mass is 35.5. The van der Waals surface area contributed by atoms with Crippen molar-refractivity contribution in [3.63, 3.8) is 0 Å². The van der Waals surface area contributed by atoms with Gasteiger partial charge >= 0.3 is 0 Å². The maximum absolute atomic E-state index is 13.0. The van der Waals surface area contributed by atoms with E-state index in [1.54, 1.807) is 24.4 Å². The van der Waals surface area contributed by atoms with Gasteiger partial charge in [0.25, 0.3) is 0 Å². The van der Waals surface area contributed by atoms with Gasteiger partial charge in [-0.05, 0) is 36.2 Å². The van der Waals surface area contributed by atoms with E-state index in [9.17, 15) is 4.39 Å². The summed E-state index contributed by atoms with van der Waals surface area (Å²) >= 11 is 11.6.